The van der Waals surface area contributed by atoms with Crippen LogP contribution in [0.5, 0.6) is 0 Å². The molecule has 4 rings (SSSR count). The van der Waals surface area contributed by atoms with E-state index < -0.39 is 0 Å². The van der Waals surface area contributed by atoms with Gasteiger partial charge in [-0.1, -0.05) is 6.92 Å². The highest BCUT2D eigenvalue weighted by Gasteiger charge is 2.29. The first-order chi connectivity index (χ1) is 8.81. The molecule has 18 heavy (non-hydrogen) atoms. The molecule has 1 unspecified atom stereocenters. The lowest BCUT2D eigenvalue weighted by Crippen LogP contribution is -2.21. The molecule has 0 spiro atoms. The van der Waals surface area contributed by atoms with Gasteiger partial charge in [0.2, 0.25) is 0 Å². The Labute approximate surface area is 106 Å². The summed E-state index contributed by atoms with van der Waals surface area (Å²) >= 11 is 0. The predicted molar refractivity (Wildman–Crippen MR) is 68.8 cm³/mol. The van der Waals surface area contributed by atoms with Crippen LogP contribution in [0.4, 0.5) is 5.82 Å². The maximum Gasteiger partial charge on any atom is 0.178 e. The van der Waals surface area contributed by atoms with Crippen LogP contribution in [0.1, 0.15) is 37.9 Å². The lowest BCUT2D eigenvalue weighted by Gasteiger charge is -2.16. The van der Waals surface area contributed by atoms with Crippen LogP contribution in [0.25, 0.3) is 5.65 Å². The maximum atomic E-state index is 4.73. The predicted octanol–water partition coefficient (Wildman–Crippen LogP) is 1.85. The average molecular weight is 243 g/mol. The van der Waals surface area contributed by atoms with E-state index in [0.29, 0.717) is 5.92 Å². The van der Waals surface area contributed by atoms with E-state index in [1.165, 1.54) is 19.3 Å². The van der Waals surface area contributed by atoms with Gasteiger partial charge < -0.3 is 4.90 Å². The summed E-state index contributed by atoms with van der Waals surface area (Å²) in [5.41, 5.74) is 0.868. The summed E-state index contributed by atoms with van der Waals surface area (Å²) < 4.78 is 1.94. The molecule has 1 aliphatic heterocycles. The number of nitrogens with zero attached hydrogens (tertiary/aromatic N) is 5. The summed E-state index contributed by atoms with van der Waals surface area (Å²) in [6.07, 6.45) is 3.72. The number of anilines is 1. The van der Waals surface area contributed by atoms with Gasteiger partial charge in [0, 0.05) is 19.0 Å². The number of rotatable bonds is 2. The zero-order chi connectivity index (χ0) is 12.1. The molecule has 5 nitrogen and oxygen atoms in total. The van der Waals surface area contributed by atoms with Crippen molar-refractivity contribution in [1.82, 2.24) is 19.8 Å². The van der Waals surface area contributed by atoms with Gasteiger partial charge in [0.15, 0.2) is 11.5 Å². The molecule has 0 N–H and O–H groups in total. The fourth-order valence-corrected chi connectivity index (χ4v) is 2.70. The van der Waals surface area contributed by atoms with Crippen molar-refractivity contribution in [2.24, 2.45) is 5.92 Å². The van der Waals surface area contributed by atoms with Gasteiger partial charge in [0.1, 0.15) is 5.82 Å². The zero-order valence-corrected chi connectivity index (χ0v) is 10.6. The monoisotopic (exact) mass is 243 g/mol. The number of fused-ring (bicyclic) bond motifs is 1. The minimum atomic E-state index is 0.584. The zero-order valence-electron chi connectivity index (χ0n) is 10.6. The molecule has 0 radical (unpaired) electrons. The maximum absolute atomic E-state index is 4.73. The Morgan fingerprint density at radius 3 is 2.78 bits per heavy atom. The summed E-state index contributed by atoms with van der Waals surface area (Å²) in [4.78, 5) is 2.36. The van der Waals surface area contributed by atoms with Gasteiger partial charge in [-0.15, -0.1) is 15.3 Å². The van der Waals surface area contributed by atoms with Crippen LogP contribution in [0, 0.1) is 5.92 Å². The van der Waals surface area contributed by atoms with Crippen molar-refractivity contribution in [3.05, 3.63) is 18.0 Å². The molecule has 1 atom stereocenters. The van der Waals surface area contributed by atoms with Crippen molar-refractivity contribution >= 4 is 11.5 Å². The molecule has 2 aromatic heterocycles. The largest absolute Gasteiger partial charge is 0.355 e. The van der Waals surface area contributed by atoms with Gasteiger partial charge in [-0.05, 0) is 37.3 Å². The van der Waals surface area contributed by atoms with E-state index in [9.17, 15) is 0 Å². The SMILES string of the molecule is CC1CCN(c2ccc3nnc(C4CC4)n3n2)C1. The van der Waals surface area contributed by atoms with Crippen molar-refractivity contribution in [2.75, 3.05) is 18.0 Å². The fourth-order valence-electron chi connectivity index (χ4n) is 2.70. The molecule has 1 aliphatic carbocycles. The van der Waals surface area contributed by atoms with Crippen LogP contribution >= 0.6 is 0 Å². The van der Waals surface area contributed by atoms with E-state index in [2.05, 4.69) is 28.1 Å². The normalized spacial score (nSPS) is 24.1. The second-order valence-corrected chi connectivity index (χ2v) is 5.63. The molecular formula is C13H17N5. The van der Waals surface area contributed by atoms with Gasteiger partial charge in [-0.25, -0.2) is 0 Å². The Kier molecular flexibility index (Phi) is 2.10. The van der Waals surface area contributed by atoms with Crippen LogP contribution in [-0.4, -0.2) is 32.9 Å². The highest BCUT2D eigenvalue weighted by Crippen LogP contribution is 2.38. The van der Waals surface area contributed by atoms with E-state index in [-0.39, 0.29) is 0 Å². The molecule has 5 heteroatoms. The molecular weight excluding hydrogens is 226 g/mol. The van der Waals surface area contributed by atoms with E-state index >= 15 is 0 Å². The lowest BCUT2D eigenvalue weighted by atomic mass is 10.2. The quantitative estimate of drug-likeness (QED) is 0.807. The van der Waals surface area contributed by atoms with Gasteiger partial charge in [-0.3, -0.25) is 0 Å². The molecule has 1 saturated heterocycles. The molecule has 2 fully saturated rings. The summed E-state index contributed by atoms with van der Waals surface area (Å²) in [5.74, 6) is 3.46. The second-order valence-electron chi connectivity index (χ2n) is 5.63. The Hall–Kier alpha value is -1.65. The van der Waals surface area contributed by atoms with Crippen molar-refractivity contribution in [2.45, 2.75) is 32.1 Å². The van der Waals surface area contributed by atoms with Crippen molar-refractivity contribution in [3.8, 4) is 0 Å². The molecule has 94 valence electrons. The van der Waals surface area contributed by atoms with Gasteiger partial charge in [0.25, 0.3) is 0 Å². The van der Waals surface area contributed by atoms with Gasteiger partial charge in [-0.2, -0.15) is 4.52 Å². The van der Waals surface area contributed by atoms with E-state index in [4.69, 9.17) is 5.10 Å². The first kappa shape index (κ1) is 10.3. The van der Waals surface area contributed by atoms with Crippen LogP contribution in [0.3, 0.4) is 0 Å². The standard InChI is InChI=1S/C13H17N5/c1-9-6-7-17(8-9)12-5-4-11-14-15-13(10-2-3-10)18(11)16-12/h4-5,9-10H,2-3,6-8H2,1H3. The molecule has 3 heterocycles. The fraction of sp³-hybridized carbons (Fsp3) is 0.615. The smallest absolute Gasteiger partial charge is 0.178 e. The highest BCUT2D eigenvalue weighted by atomic mass is 15.4. The minimum Gasteiger partial charge on any atom is -0.355 e. The minimum absolute atomic E-state index is 0.584. The number of aromatic nitrogens is 4. The summed E-state index contributed by atoms with van der Waals surface area (Å²) in [7, 11) is 0. The summed E-state index contributed by atoms with van der Waals surface area (Å²) in [6, 6.07) is 4.10. The third-order valence-electron chi connectivity index (χ3n) is 3.96. The first-order valence-corrected chi connectivity index (χ1v) is 6.78. The molecule has 0 amide bonds. The van der Waals surface area contributed by atoms with Crippen LogP contribution in [0.15, 0.2) is 12.1 Å². The van der Waals surface area contributed by atoms with E-state index in [1.807, 2.05) is 10.6 Å². The van der Waals surface area contributed by atoms with Gasteiger partial charge >= 0.3 is 0 Å². The van der Waals surface area contributed by atoms with Crippen molar-refractivity contribution in [1.29, 1.82) is 0 Å². The third-order valence-corrected chi connectivity index (χ3v) is 3.96. The van der Waals surface area contributed by atoms with Gasteiger partial charge in [0.05, 0.1) is 0 Å². The van der Waals surface area contributed by atoms with Crippen LogP contribution < -0.4 is 4.90 Å². The molecule has 0 bridgehead atoms. The third kappa shape index (κ3) is 1.57. The van der Waals surface area contributed by atoms with E-state index in [0.717, 1.165) is 36.3 Å². The first-order valence-electron chi connectivity index (χ1n) is 6.78. The van der Waals surface area contributed by atoms with E-state index in [1.54, 1.807) is 0 Å². The Bertz CT molecular complexity index is 586. The number of hydrogen-bond acceptors (Lipinski definition) is 4. The lowest BCUT2D eigenvalue weighted by molar-refractivity contribution is 0.658. The van der Waals surface area contributed by atoms with Crippen molar-refractivity contribution in [3.63, 3.8) is 0 Å². The average Bonchev–Trinajstić information content (AvgIpc) is 2.99. The molecule has 2 aliphatic rings. The highest BCUT2D eigenvalue weighted by molar-refractivity contribution is 5.46. The van der Waals surface area contributed by atoms with Crippen molar-refractivity contribution < 1.29 is 0 Å². The summed E-state index contributed by atoms with van der Waals surface area (Å²) in [6.45, 7) is 4.52. The Balaban J connectivity index is 1.75. The second kappa shape index (κ2) is 3.67. The Morgan fingerprint density at radius 2 is 2.06 bits per heavy atom. The number of hydrogen-bond donors (Lipinski definition) is 0. The molecule has 0 aromatic carbocycles. The molecule has 1 saturated carbocycles. The Morgan fingerprint density at radius 1 is 1.17 bits per heavy atom. The molecule has 2 aromatic rings. The summed E-state index contributed by atoms with van der Waals surface area (Å²) in [5, 5.41) is 13.2. The van der Waals surface area contributed by atoms with Crippen LogP contribution in [-0.2, 0) is 0 Å². The topological polar surface area (TPSA) is 46.3 Å². The van der Waals surface area contributed by atoms with Crippen LogP contribution in [0.2, 0.25) is 0 Å².